The standard InChI is InChI=1S/C14H18ClN3O2/c15-9-2-3-12(10(5-9)14(16)17-20)18-6-8-1-4-13(19)11(8)7-18/h2-3,5,8,11,13,19-20H,1,4,6-7H2,(H2,16,17). The molecule has 108 valence electrons. The number of benzene rings is 1. The number of anilines is 1. The van der Waals surface area contributed by atoms with Gasteiger partial charge in [0.1, 0.15) is 0 Å². The highest BCUT2D eigenvalue weighted by molar-refractivity contribution is 6.31. The number of amidine groups is 1. The van der Waals surface area contributed by atoms with Crippen LogP contribution in [0, 0.1) is 11.8 Å². The van der Waals surface area contributed by atoms with Gasteiger partial charge in [0, 0.05) is 35.3 Å². The number of halogens is 1. The smallest absolute Gasteiger partial charge is 0.172 e. The average molecular weight is 296 g/mol. The molecule has 2 aliphatic rings. The number of nitrogens with two attached hydrogens (primary N) is 1. The molecule has 6 heteroatoms. The maximum absolute atomic E-state index is 10.00. The van der Waals surface area contributed by atoms with E-state index in [9.17, 15) is 5.11 Å². The first-order chi connectivity index (χ1) is 9.60. The lowest BCUT2D eigenvalue weighted by atomic mass is 10.00. The number of fused-ring (bicyclic) bond motifs is 1. The first-order valence-corrected chi connectivity index (χ1v) is 7.18. The minimum Gasteiger partial charge on any atom is -0.409 e. The fourth-order valence-corrected chi connectivity index (χ4v) is 3.65. The molecule has 0 aromatic heterocycles. The summed E-state index contributed by atoms with van der Waals surface area (Å²) in [5, 5.41) is 22.5. The second-order valence-corrected chi connectivity index (χ2v) is 6.06. The van der Waals surface area contributed by atoms with Crippen LogP contribution >= 0.6 is 11.6 Å². The highest BCUT2D eigenvalue weighted by Crippen LogP contribution is 2.40. The van der Waals surface area contributed by atoms with Crippen molar-refractivity contribution in [2.75, 3.05) is 18.0 Å². The molecule has 1 aromatic rings. The molecule has 1 aliphatic carbocycles. The Morgan fingerprint density at radius 2 is 2.15 bits per heavy atom. The van der Waals surface area contributed by atoms with Gasteiger partial charge in [0.15, 0.2) is 5.84 Å². The van der Waals surface area contributed by atoms with Gasteiger partial charge in [-0.05, 0) is 37.0 Å². The zero-order valence-corrected chi connectivity index (χ0v) is 11.8. The summed E-state index contributed by atoms with van der Waals surface area (Å²) in [4.78, 5) is 2.20. The summed E-state index contributed by atoms with van der Waals surface area (Å²) in [6.45, 7) is 1.70. The van der Waals surface area contributed by atoms with E-state index >= 15 is 0 Å². The van der Waals surface area contributed by atoms with Crippen LogP contribution < -0.4 is 10.6 Å². The molecule has 1 heterocycles. The predicted molar refractivity (Wildman–Crippen MR) is 78.4 cm³/mol. The Kier molecular flexibility index (Phi) is 3.48. The molecule has 0 bridgehead atoms. The fraction of sp³-hybridized carbons (Fsp3) is 0.500. The van der Waals surface area contributed by atoms with E-state index in [1.54, 1.807) is 12.1 Å². The molecule has 1 saturated carbocycles. The first kappa shape index (κ1) is 13.5. The Morgan fingerprint density at radius 1 is 1.35 bits per heavy atom. The Hall–Kier alpha value is -1.46. The van der Waals surface area contributed by atoms with Crippen LogP contribution in [0.4, 0.5) is 5.69 Å². The van der Waals surface area contributed by atoms with Gasteiger partial charge >= 0.3 is 0 Å². The molecule has 0 radical (unpaired) electrons. The van der Waals surface area contributed by atoms with Crippen LogP contribution in [0.3, 0.4) is 0 Å². The molecule has 1 aliphatic heterocycles. The zero-order chi connectivity index (χ0) is 14.3. The first-order valence-electron chi connectivity index (χ1n) is 6.80. The van der Waals surface area contributed by atoms with E-state index in [-0.39, 0.29) is 11.9 Å². The second kappa shape index (κ2) is 5.14. The van der Waals surface area contributed by atoms with Gasteiger partial charge in [-0.15, -0.1) is 0 Å². The van der Waals surface area contributed by atoms with Crippen LogP contribution in [0.5, 0.6) is 0 Å². The number of hydrogen-bond acceptors (Lipinski definition) is 4. The fourth-order valence-electron chi connectivity index (χ4n) is 3.48. The number of hydrogen-bond donors (Lipinski definition) is 3. The van der Waals surface area contributed by atoms with E-state index in [4.69, 9.17) is 22.5 Å². The van der Waals surface area contributed by atoms with Crippen LogP contribution in [0.1, 0.15) is 18.4 Å². The van der Waals surface area contributed by atoms with E-state index in [1.165, 1.54) is 0 Å². The van der Waals surface area contributed by atoms with E-state index in [1.807, 2.05) is 6.07 Å². The number of oxime groups is 1. The largest absolute Gasteiger partial charge is 0.409 e. The third kappa shape index (κ3) is 2.21. The molecule has 5 nitrogen and oxygen atoms in total. The van der Waals surface area contributed by atoms with Crippen molar-refractivity contribution in [2.45, 2.75) is 18.9 Å². The summed E-state index contributed by atoms with van der Waals surface area (Å²) >= 11 is 5.99. The van der Waals surface area contributed by atoms with Gasteiger partial charge in [0.05, 0.1) is 6.10 Å². The second-order valence-electron chi connectivity index (χ2n) is 5.62. The molecule has 0 amide bonds. The Labute approximate surface area is 122 Å². The van der Waals surface area contributed by atoms with Crippen LogP contribution in [-0.2, 0) is 0 Å². The molecule has 3 rings (SSSR count). The summed E-state index contributed by atoms with van der Waals surface area (Å²) in [5.41, 5.74) is 7.28. The van der Waals surface area contributed by atoms with Gasteiger partial charge in [-0.1, -0.05) is 16.8 Å². The van der Waals surface area contributed by atoms with Crippen molar-refractivity contribution >= 4 is 23.1 Å². The molecule has 3 atom stereocenters. The van der Waals surface area contributed by atoms with E-state index in [0.29, 0.717) is 22.4 Å². The Bertz CT molecular complexity index is 549. The van der Waals surface area contributed by atoms with Crippen molar-refractivity contribution in [1.82, 2.24) is 0 Å². The number of nitrogens with zero attached hydrogens (tertiary/aromatic N) is 2. The third-order valence-corrected chi connectivity index (χ3v) is 4.74. The molecule has 0 spiro atoms. The van der Waals surface area contributed by atoms with E-state index in [2.05, 4.69) is 10.1 Å². The normalized spacial score (nSPS) is 29.8. The summed E-state index contributed by atoms with van der Waals surface area (Å²) < 4.78 is 0. The zero-order valence-electron chi connectivity index (χ0n) is 11.0. The van der Waals surface area contributed by atoms with E-state index < -0.39 is 0 Å². The monoisotopic (exact) mass is 295 g/mol. The highest BCUT2D eigenvalue weighted by atomic mass is 35.5. The van der Waals surface area contributed by atoms with Gasteiger partial charge in [-0.3, -0.25) is 0 Å². The van der Waals surface area contributed by atoms with Gasteiger partial charge in [0.2, 0.25) is 0 Å². The van der Waals surface area contributed by atoms with Gasteiger partial charge in [-0.25, -0.2) is 0 Å². The lowest BCUT2D eigenvalue weighted by molar-refractivity contribution is 0.133. The maximum Gasteiger partial charge on any atom is 0.172 e. The van der Waals surface area contributed by atoms with Gasteiger partial charge in [-0.2, -0.15) is 0 Å². The summed E-state index contributed by atoms with van der Waals surface area (Å²) in [7, 11) is 0. The lowest BCUT2D eigenvalue weighted by Crippen LogP contribution is -2.27. The number of aliphatic hydroxyl groups excluding tert-OH is 1. The lowest BCUT2D eigenvalue weighted by Gasteiger charge is -2.23. The molecule has 4 N–H and O–H groups in total. The van der Waals surface area contributed by atoms with Crippen LogP contribution in [0.25, 0.3) is 0 Å². The topological polar surface area (TPSA) is 82.1 Å². The van der Waals surface area contributed by atoms with Crippen molar-refractivity contribution in [2.24, 2.45) is 22.7 Å². The summed E-state index contributed by atoms with van der Waals surface area (Å²) in [6.07, 6.45) is 1.76. The van der Waals surface area contributed by atoms with Crippen LogP contribution in [0.15, 0.2) is 23.4 Å². The molecule has 1 aromatic carbocycles. The van der Waals surface area contributed by atoms with Crippen LogP contribution in [-0.4, -0.2) is 35.3 Å². The minimum absolute atomic E-state index is 0.0557. The molecule has 20 heavy (non-hydrogen) atoms. The maximum atomic E-state index is 10.00. The number of aliphatic hydroxyl groups is 1. The third-order valence-electron chi connectivity index (χ3n) is 4.50. The van der Waals surface area contributed by atoms with E-state index in [0.717, 1.165) is 31.6 Å². The van der Waals surface area contributed by atoms with Crippen molar-refractivity contribution < 1.29 is 10.3 Å². The van der Waals surface area contributed by atoms with Crippen molar-refractivity contribution in [3.63, 3.8) is 0 Å². The SMILES string of the molecule is N/C(=N/O)c1cc(Cl)ccc1N1CC2CCC(O)C2C1. The molecule has 3 unspecified atom stereocenters. The summed E-state index contributed by atoms with van der Waals surface area (Å²) in [5.74, 6) is 0.909. The van der Waals surface area contributed by atoms with Gasteiger partial charge in [0.25, 0.3) is 0 Å². The van der Waals surface area contributed by atoms with Crippen molar-refractivity contribution in [3.8, 4) is 0 Å². The molecule has 2 fully saturated rings. The quantitative estimate of drug-likeness (QED) is 0.335. The molecular formula is C14H18ClN3O2. The van der Waals surface area contributed by atoms with Crippen molar-refractivity contribution in [1.29, 1.82) is 0 Å². The number of rotatable bonds is 2. The average Bonchev–Trinajstić information content (AvgIpc) is 3.00. The highest BCUT2D eigenvalue weighted by Gasteiger charge is 2.42. The minimum atomic E-state index is -0.204. The van der Waals surface area contributed by atoms with Crippen molar-refractivity contribution in [3.05, 3.63) is 28.8 Å². The Balaban J connectivity index is 1.92. The van der Waals surface area contributed by atoms with Crippen LogP contribution in [0.2, 0.25) is 5.02 Å². The summed E-state index contributed by atoms with van der Waals surface area (Å²) in [6, 6.07) is 5.40. The molecular weight excluding hydrogens is 278 g/mol. The predicted octanol–water partition coefficient (Wildman–Crippen LogP) is 1.64. The molecule has 1 saturated heterocycles. The Morgan fingerprint density at radius 3 is 2.85 bits per heavy atom. The van der Waals surface area contributed by atoms with Gasteiger partial charge < -0.3 is 20.9 Å².